The summed E-state index contributed by atoms with van der Waals surface area (Å²) < 4.78 is 0. The average molecular weight is 271 g/mol. The van der Waals surface area contributed by atoms with Crippen molar-refractivity contribution >= 4 is 17.4 Å². The Kier molecular flexibility index (Phi) is 3.16. The number of carbonyl (C=O) groups is 1. The molecule has 0 unspecified atom stereocenters. The molecule has 0 radical (unpaired) electrons. The van der Waals surface area contributed by atoms with Crippen LogP contribution in [-0.2, 0) is 12.8 Å². The fourth-order valence-corrected chi connectivity index (χ4v) is 3.05. The first kappa shape index (κ1) is 12.4. The van der Waals surface area contributed by atoms with Crippen LogP contribution in [0.5, 0.6) is 0 Å². The van der Waals surface area contributed by atoms with Gasteiger partial charge in [0.15, 0.2) is 5.78 Å². The number of hydrogen-bond donors (Lipinski definition) is 0. The van der Waals surface area contributed by atoms with E-state index in [1.807, 2.05) is 18.2 Å². The summed E-state index contributed by atoms with van der Waals surface area (Å²) in [4.78, 5) is 11.4. The number of rotatable bonds is 2. The molecule has 1 nitrogen and oxygen atoms in total. The van der Waals surface area contributed by atoms with Gasteiger partial charge in [-0.3, -0.25) is 4.79 Å². The minimum atomic E-state index is 0.00510. The number of aryl methyl sites for hydroxylation is 2. The van der Waals surface area contributed by atoms with Gasteiger partial charge in [0.1, 0.15) is 0 Å². The number of hydrogen-bond acceptors (Lipinski definition) is 1. The highest BCUT2D eigenvalue weighted by Gasteiger charge is 2.12. The van der Waals surface area contributed by atoms with Crippen LogP contribution in [-0.4, -0.2) is 5.78 Å². The normalized spacial score (nSPS) is 13.4. The molecule has 19 heavy (non-hydrogen) atoms. The molecule has 0 amide bonds. The molecule has 0 aromatic heterocycles. The summed E-state index contributed by atoms with van der Waals surface area (Å²) in [6.07, 6.45) is 3.62. The van der Waals surface area contributed by atoms with Crippen molar-refractivity contribution in [3.63, 3.8) is 0 Å². The molecule has 3 rings (SSSR count). The molecule has 1 aliphatic carbocycles. The molecule has 2 aromatic carbocycles. The van der Waals surface area contributed by atoms with Crippen molar-refractivity contribution in [1.29, 1.82) is 0 Å². The molecular weight excluding hydrogens is 256 g/mol. The van der Waals surface area contributed by atoms with E-state index in [9.17, 15) is 4.79 Å². The van der Waals surface area contributed by atoms with E-state index in [4.69, 9.17) is 11.6 Å². The van der Waals surface area contributed by atoms with Gasteiger partial charge in [0.25, 0.3) is 0 Å². The second-order valence-electron chi connectivity index (χ2n) is 5.09. The van der Waals surface area contributed by atoms with Gasteiger partial charge in [0.2, 0.25) is 0 Å². The number of Topliss-reactive ketones (excluding diaryl/α,β-unsaturated/α-hetero) is 1. The molecule has 0 saturated heterocycles. The van der Waals surface area contributed by atoms with Crippen LogP contribution in [0.15, 0.2) is 36.4 Å². The van der Waals surface area contributed by atoms with E-state index < -0.39 is 0 Å². The van der Waals surface area contributed by atoms with Gasteiger partial charge in [-0.2, -0.15) is 0 Å². The van der Waals surface area contributed by atoms with Crippen LogP contribution in [0.3, 0.4) is 0 Å². The van der Waals surface area contributed by atoms with E-state index >= 15 is 0 Å². The number of benzene rings is 2. The molecule has 2 aromatic rings. The van der Waals surface area contributed by atoms with Crippen LogP contribution < -0.4 is 0 Å². The molecule has 1 aliphatic rings. The largest absolute Gasteiger partial charge is 0.294 e. The van der Waals surface area contributed by atoms with Crippen LogP contribution in [0, 0.1) is 0 Å². The molecule has 0 heterocycles. The molecule has 0 saturated carbocycles. The van der Waals surface area contributed by atoms with E-state index in [0.29, 0.717) is 10.6 Å². The maximum atomic E-state index is 11.4. The quantitative estimate of drug-likeness (QED) is 0.723. The molecule has 0 aliphatic heterocycles. The first-order valence-electron chi connectivity index (χ1n) is 6.58. The van der Waals surface area contributed by atoms with Crippen LogP contribution in [0.1, 0.15) is 34.8 Å². The highest BCUT2D eigenvalue weighted by molar-refractivity contribution is 6.34. The van der Waals surface area contributed by atoms with Crippen molar-refractivity contribution in [2.45, 2.75) is 26.2 Å². The summed E-state index contributed by atoms with van der Waals surface area (Å²) in [5.74, 6) is 0.00510. The zero-order chi connectivity index (χ0) is 13.4. The lowest BCUT2D eigenvalue weighted by Gasteiger charge is -2.07. The predicted molar refractivity (Wildman–Crippen MR) is 78.9 cm³/mol. The molecular formula is C17H15ClO. The summed E-state index contributed by atoms with van der Waals surface area (Å²) in [7, 11) is 0. The van der Waals surface area contributed by atoms with E-state index in [1.165, 1.54) is 42.9 Å². The maximum Gasteiger partial charge on any atom is 0.161 e. The zero-order valence-electron chi connectivity index (χ0n) is 10.9. The van der Waals surface area contributed by atoms with Crippen LogP contribution in [0.25, 0.3) is 11.1 Å². The van der Waals surface area contributed by atoms with Gasteiger partial charge in [-0.05, 0) is 60.6 Å². The van der Waals surface area contributed by atoms with E-state index in [-0.39, 0.29) is 5.78 Å². The minimum Gasteiger partial charge on any atom is -0.294 e. The Balaban J connectivity index is 2.03. The predicted octanol–water partition coefficient (Wildman–Crippen LogP) is 4.70. The standard InChI is InChI=1S/C17H15ClO/c1-11(19)16-8-7-15(10-17(16)18)14-6-5-12-3-2-4-13(12)9-14/h5-10H,2-4H2,1H3. The second-order valence-corrected chi connectivity index (χ2v) is 5.50. The summed E-state index contributed by atoms with van der Waals surface area (Å²) in [5.41, 5.74) is 5.76. The van der Waals surface area contributed by atoms with Crippen molar-refractivity contribution in [2.24, 2.45) is 0 Å². The van der Waals surface area contributed by atoms with Gasteiger partial charge < -0.3 is 0 Å². The molecule has 0 spiro atoms. The summed E-state index contributed by atoms with van der Waals surface area (Å²) >= 11 is 6.17. The van der Waals surface area contributed by atoms with Crippen molar-refractivity contribution in [3.8, 4) is 11.1 Å². The summed E-state index contributed by atoms with van der Waals surface area (Å²) in [5, 5.41) is 0.533. The first-order valence-corrected chi connectivity index (χ1v) is 6.95. The highest BCUT2D eigenvalue weighted by Crippen LogP contribution is 2.30. The Morgan fingerprint density at radius 1 is 1.00 bits per heavy atom. The van der Waals surface area contributed by atoms with Gasteiger partial charge in [-0.25, -0.2) is 0 Å². The number of halogens is 1. The molecule has 0 bridgehead atoms. The monoisotopic (exact) mass is 270 g/mol. The van der Waals surface area contributed by atoms with Crippen LogP contribution in [0.2, 0.25) is 5.02 Å². The SMILES string of the molecule is CC(=O)c1ccc(-c2ccc3c(c2)CCC3)cc1Cl. The second kappa shape index (κ2) is 4.82. The first-order chi connectivity index (χ1) is 9.15. The third kappa shape index (κ3) is 2.31. The Bertz CT molecular complexity index is 658. The van der Waals surface area contributed by atoms with Crippen molar-refractivity contribution in [3.05, 3.63) is 58.1 Å². The van der Waals surface area contributed by atoms with Crippen LogP contribution >= 0.6 is 11.6 Å². The Labute approximate surface area is 118 Å². The third-order valence-corrected chi connectivity index (χ3v) is 4.09. The zero-order valence-corrected chi connectivity index (χ0v) is 11.6. The lowest BCUT2D eigenvalue weighted by atomic mass is 9.99. The Morgan fingerprint density at radius 3 is 2.42 bits per heavy atom. The lowest BCUT2D eigenvalue weighted by Crippen LogP contribution is -1.93. The summed E-state index contributed by atoms with van der Waals surface area (Å²) in [6, 6.07) is 12.3. The number of fused-ring (bicyclic) bond motifs is 1. The topological polar surface area (TPSA) is 17.1 Å². The van der Waals surface area contributed by atoms with Crippen molar-refractivity contribution in [2.75, 3.05) is 0 Å². The Hall–Kier alpha value is -1.60. The van der Waals surface area contributed by atoms with Gasteiger partial charge in [-0.1, -0.05) is 35.9 Å². The summed E-state index contributed by atoms with van der Waals surface area (Å²) in [6.45, 7) is 1.54. The number of ketones is 1. The van der Waals surface area contributed by atoms with Crippen molar-refractivity contribution < 1.29 is 4.79 Å². The fraction of sp³-hybridized carbons (Fsp3) is 0.235. The van der Waals surface area contributed by atoms with Gasteiger partial charge in [-0.15, -0.1) is 0 Å². The maximum absolute atomic E-state index is 11.4. The fourth-order valence-electron chi connectivity index (χ4n) is 2.73. The third-order valence-electron chi connectivity index (χ3n) is 3.78. The van der Waals surface area contributed by atoms with Gasteiger partial charge in [0, 0.05) is 5.56 Å². The molecule has 0 fully saturated rings. The molecule has 2 heteroatoms. The van der Waals surface area contributed by atoms with E-state index in [0.717, 1.165) is 5.56 Å². The average Bonchev–Trinajstić information content (AvgIpc) is 2.85. The van der Waals surface area contributed by atoms with Crippen molar-refractivity contribution in [1.82, 2.24) is 0 Å². The minimum absolute atomic E-state index is 0.00510. The van der Waals surface area contributed by atoms with Gasteiger partial charge >= 0.3 is 0 Å². The van der Waals surface area contributed by atoms with Crippen LogP contribution in [0.4, 0.5) is 0 Å². The highest BCUT2D eigenvalue weighted by atomic mass is 35.5. The Morgan fingerprint density at radius 2 is 1.68 bits per heavy atom. The smallest absolute Gasteiger partial charge is 0.161 e. The molecule has 0 N–H and O–H groups in total. The molecule has 0 atom stereocenters. The lowest BCUT2D eigenvalue weighted by molar-refractivity contribution is 0.101. The number of carbonyl (C=O) groups excluding carboxylic acids is 1. The van der Waals surface area contributed by atoms with Gasteiger partial charge in [0.05, 0.1) is 5.02 Å². The van der Waals surface area contributed by atoms with E-state index in [1.54, 1.807) is 0 Å². The molecule has 96 valence electrons. The van der Waals surface area contributed by atoms with E-state index in [2.05, 4.69) is 18.2 Å².